The van der Waals surface area contributed by atoms with E-state index < -0.39 is 0 Å². The van der Waals surface area contributed by atoms with Crippen LogP contribution < -0.4 is 21.7 Å². The molecule has 0 bridgehead atoms. The van der Waals surface area contributed by atoms with Gasteiger partial charge in [0, 0.05) is 32.2 Å². The smallest absolute Gasteiger partial charge is 0.131 e. The van der Waals surface area contributed by atoms with Gasteiger partial charge in [-0.2, -0.15) is 0 Å². The molecule has 1 aromatic heterocycles. The predicted molar refractivity (Wildman–Crippen MR) is 61.7 cm³/mol. The zero-order valence-corrected chi connectivity index (χ0v) is 8.95. The SMILES string of the molecule is CNCCNCCNc1cc(N)ncn1. The van der Waals surface area contributed by atoms with Crippen LogP contribution in [-0.4, -0.2) is 43.2 Å². The molecule has 6 heteroatoms. The van der Waals surface area contributed by atoms with Crippen molar-refractivity contribution >= 4 is 11.6 Å². The molecule has 0 aliphatic carbocycles. The predicted octanol–water partition coefficient (Wildman–Crippen LogP) is -0.720. The van der Waals surface area contributed by atoms with Crippen LogP contribution in [0.25, 0.3) is 0 Å². The van der Waals surface area contributed by atoms with Crippen molar-refractivity contribution in [2.75, 3.05) is 44.3 Å². The van der Waals surface area contributed by atoms with Gasteiger partial charge in [0.1, 0.15) is 18.0 Å². The summed E-state index contributed by atoms with van der Waals surface area (Å²) >= 11 is 0. The Kier molecular flexibility index (Phi) is 5.42. The highest BCUT2D eigenvalue weighted by Crippen LogP contribution is 2.03. The van der Waals surface area contributed by atoms with Crippen LogP contribution in [0, 0.1) is 0 Å². The molecule has 1 aromatic rings. The lowest BCUT2D eigenvalue weighted by Crippen LogP contribution is -2.29. The number of nitrogen functional groups attached to an aromatic ring is 1. The molecule has 0 radical (unpaired) electrons. The Morgan fingerprint density at radius 2 is 2.00 bits per heavy atom. The minimum absolute atomic E-state index is 0.482. The van der Waals surface area contributed by atoms with Gasteiger partial charge >= 0.3 is 0 Å². The summed E-state index contributed by atoms with van der Waals surface area (Å²) in [6.07, 6.45) is 1.45. The minimum atomic E-state index is 0.482. The van der Waals surface area contributed by atoms with Crippen molar-refractivity contribution in [3.8, 4) is 0 Å². The molecule has 0 atom stereocenters. The Bertz CT molecular complexity index is 277. The first-order chi connectivity index (χ1) is 7.33. The maximum atomic E-state index is 5.51. The number of rotatable bonds is 7. The Hall–Kier alpha value is -1.40. The number of nitrogens with one attached hydrogen (secondary N) is 3. The molecule has 0 spiro atoms. The van der Waals surface area contributed by atoms with Crippen LogP contribution in [-0.2, 0) is 0 Å². The summed E-state index contributed by atoms with van der Waals surface area (Å²) < 4.78 is 0. The third-order valence-corrected chi connectivity index (χ3v) is 1.85. The summed E-state index contributed by atoms with van der Waals surface area (Å²) in [4.78, 5) is 7.84. The van der Waals surface area contributed by atoms with Gasteiger partial charge in [-0.1, -0.05) is 0 Å². The van der Waals surface area contributed by atoms with Crippen LogP contribution in [0.4, 0.5) is 11.6 Å². The van der Waals surface area contributed by atoms with Gasteiger partial charge in [0.15, 0.2) is 0 Å². The molecule has 0 aliphatic heterocycles. The van der Waals surface area contributed by atoms with Gasteiger partial charge in [-0.15, -0.1) is 0 Å². The molecule has 1 rings (SSSR count). The van der Waals surface area contributed by atoms with Crippen LogP contribution in [0.5, 0.6) is 0 Å². The lowest BCUT2D eigenvalue weighted by molar-refractivity contribution is 0.661. The van der Waals surface area contributed by atoms with Crippen molar-refractivity contribution < 1.29 is 0 Å². The Morgan fingerprint density at radius 1 is 1.20 bits per heavy atom. The molecule has 0 amide bonds. The fraction of sp³-hybridized carbons (Fsp3) is 0.556. The summed E-state index contributed by atoms with van der Waals surface area (Å²) in [6, 6.07) is 1.72. The van der Waals surface area contributed by atoms with E-state index in [0.717, 1.165) is 32.0 Å². The fourth-order valence-electron chi connectivity index (χ4n) is 1.09. The third kappa shape index (κ3) is 5.14. The van der Waals surface area contributed by atoms with E-state index in [0.29, 0.717) is 5.82 Å². The van der Waals surface area contributed by atoms with Gasteiger partial charge in [0.2, 0.25) is 0 Å². The number of hydrogen-bond donors (Lipinski definition) is 4. The van der Waals surface area contributed by atoms with E-state index in [1.807, 2.05) is 7.05 Å². The average molecular weight is 210 g/mol. The first-order valence-electron chi connectivity index (χ1n) is 4.99. The van der Waals surface area contributed by atoms with E-state index >= 15 is 0 Å². The number of anilines is 2. The van der Waals surface area contributed by atoms with Crippen molar-refractivity contribution in [2.24, 2.45) is 0 Å². The molecular formula is C9H18N6. The maximum Gasteiger partial charge on any atom is 0.131 e. The Balaban J connectivity index is 2.10. The molecule has 0 saturated heterocycles. The first kappa shape index (κ1) is 11.7. The van der Waals surface area contributed by atoms with Crippen molar-refractivity contribution in [1.29, 1.82) is 0 Å². The quantitative estimate of drug-likeness (QED) is 0.444. The van der Waals surface area contributed by atoms with Crippen LogP contribution in [0.15, 0.2) is 12.4 Å². The van der Waals surface area contributed by atoms with E-state index in [2.05, 4.69) is 25.9 Å². The highest BCUT2D eigenvalue weighted by molar-refractivity contribution is 5.43. The second-order valence-corrected chi connectivity index (χ2v) is 3.11. The average Bonchev–Trinajstić information content (AvgIpc) is 2.23. The van der Waals surface area contributed by atoms with E-state index in [9.17, 15) is 0 Å². The summed E-state index contributed by atoms with van der Waals surface area (Å²) in [5.41, 5.74) is 5.51. The highest BCUT2D eigenvalue weighted by atomic mass is 15.0. The number of nitrogens with two attached hydrogens (primary N) is 1. The molecule has 6 nitrogen and oxygen atoms in total. The molecule has 1 heterocycles. The van der Waals surface area contributed by atoms with Gasteiger partial charge in [0.25, 0.3) is 0 Å². The monoisotopic (exact) mass is 210 g/mol. The zero-order chi connectivity index (χ0) is 10.9. The first-order valence-corrected chi connectivity index (χ1v) is 4.99. The van der Waals surface area contributed by atoms with Gasteiger partial charge in [-0.3, -0.25) is 0 Å². The number of nitrogens with zero attached hydrogens (tertiary/aromatic N) is 2. The second-order valence-electron chi connectivity index (χ2n) is 3.11. The van der Waals surface area contributed by atoms with Gasteiger partial charge < -0.3 is 21.7 Å². The number of likely N-dealkylation sites (N-methyl/N-ethyl adjacent to an activating group) is 1. The van der Waals surface area contributed by atoms with Gasteiger partial charge in [-0.05, 0) is 7.05 Å². The van der Waals surface area contributed by atoms with Gasteiger partial charge in [0.05, 0.1) is 0 Å². The van der Waals surface area contributed by atoms with Crippen LogP contribution >= 0.6 is 0 Å². The van der Waals surface area contributed by atoms with E-state index in [-0.39, 0.29) is 0 Å². The fourth-order valence-corrected chi connectivity index (χ4v) is 1.09. The van der Waals surface area contributed by atoms with Crippen molar-refractivity contribution in [1.82, 2.24) is 20.6 Å². The molecular weight excluding hydrogens is 192 g/mol. The molecule has 0 unspecified atom stereocenters. The molecule has 0 saturated carbocycles. The van der Waals surface area contributed by atoms with Crippen LogP contribution in [0.1, 0.15) is 0 Å². The molecule has 0 aromatic carbocycles. The third-order valence-electron chi connectivity index (χ3n) is 1.85. The summed E-state index contributed by atoms with van der Waals surface area (Å²) in [7, 11) is 1.93. The Morgan fingerprint density at radius 3 is 2.73 bits per heavy atom. The molecule has 0 fully saturated rings. The largest absolute Gasteiger partial charge is 0.384 e. The summed E-state index contributed by atoms with van der Waals surface area (Å²) in [5, 5.41) is 9.48. The normalized spacial score (nSPS) is 10.2. The van der Waals surface area contributed by atoms with E-state index in [4.69, 9.17) is 5.73 Å². The van der Waals surface area contributed by atoms with Crippen LogP contribution in [0.2, 0.25) is 0 Å². The van der Waals surface area contributed by atoms with Crippen LogP contribution in [0.3, 0.4) is 0 Å². The topological polar surface area (TPSA) is 87.9 Å². The zero-order valence-electron chi connectivity index (χ0n) is 8.95. The summed E-state index contributed by atoms with van der Waals surface area (Å²) in [6.45, 7) is 3.65. The summed E-state index contributed by atoms with van der Waals surface area (Å²) in [5.74, 6) is 1.24. The van der Waals surface area contributed by atoms with E-state index in [1.54, 1.807) is 6.07 Å². The maximum absolute atomic E-state index is 5.51. The lowest BCUT2D eigenvalue weighted by Gasteiger charge is -2.06. The lowest BCUT2D eigenvalue weighted by atomic mass is 10.5. The molecule has 0 aliphatic rings. The van der Waals surface area contributed by atoms with E-state index in [1.165, 1.54) is 6.33 Å². The van der Waals surface area contributed by atoms with Crippen molar-refractivity contribution in [2.45, 2.75) is 0 Å². The number of aromatic nitrogens is 2. The van der Waals surface area contributed by atoms with Crippen molar-refractivity contribution in [3.63, 3.8) is 0 Å². The standard InChI is InChI=1S/C9H18N6/c1-11-2-3-12-4-5-13-9-6-8(10)14-7-15-9/h6-7,11-12H,2-5H2,1H3,(H3,10,13,14,15). The highest BCUT2D eigenvalue weighted by Gasteiger charge is 1.93. The molecule has 84 valence electrons. The second kappa shape index (κ2) is 6.97. The van der Waals surface area contributed by atoms with Crippen molar-refractivity contribution in [3.05, 3.63) is 12.4 Å². The minimum Gasteiger partial charge on any atom is -0.384 e. The van der Waals surface area contributed by atoms with Gasteiger partial charge in [-0.25, -0.2) is 9.97 Å². The molecule has 5 N–H and O–H groups in total. The Labute approximate surface area is 89.7 Å². The number of hydrogen-bond acceptors (Lipinski definition) is 6. The molecule has 15 heavy (non-hydrogen) atoms.